The fourth-order valence-corrected chi connectivity index (χ4v) is 2.29. The summed E-state index contributed by atoms with van der Waals surface area (Å²) in [7, 11) is 0. The van der Waals surface area contributed by atoms with Gasteiger partial charge in [0.25, 0.3) is 0 Å². The summed E-state index contributed by atoms with van der Waals surface area (Å²) in [5.41, 5.74) is 1.36. The van der Waals surface area contributed by atoms with Crippen molar-refractivity contribution < 1.29 is 0 Å². The van der Waals surface area contributed by atoms with Gasteiger partial charge in [0.1, 0.15) is 0 Å². The van der Waals surface area contributed by atoms with E-state index < -0.39 is 0 Å². The van der Waals surface area contributed by atoms with Gasteiger partial charge in [-0.15, -0.1) is 0 Å². The van der Waals surface area contributed by atoms with Gasteiger partial charge in [0.2, 0.25) is 0 Å². The third kappa shape index (κ3) is 1.82. The van der Waals surface area contributed by atoms with Crippen molar-refractivity contribution in [3.8, 4) is 0 Å². The van der Waals surface area contributed by atoms with Crippen molar-refractivity contribution in [1.82, 2.24) is 14.9 Å². The summed E-state index contributed by atoms with van der Waals surface area (Å²) in [5, 5.41) is 3.48. The Bertz CT molecular complexity index is 292. The van der Waals surface area contributed by atoms with Crippen LogP contribution in [0.2, 0.25) is 0 Å². The Kier molecular flexibility index (Phi) is 2.87. The molecule has 1 saturated heterocycles. The van der Waals surface area contributed by atoms with Crippen molar-refractivity contribution >= 4 is 0 Å². The Morgan fingerprint density at radius 1 is 1.64 bits per heavy atom. The van der Waals surface area contributed by atoms with Crippen LogP contribution in [-0.4, -0.2) is 22.1 Å². The first-order valence-corrected chi connectivity index (χ1v) is 5.55. The van der Waals surface area contributed by atoms with Gasteiger partial charge in [-0.1, -0.05) is 6.92 Å². The maximum Gasteiger partial charge on any atom is 0.0950 e. The number of rotatable bonds is 2. The molecule has 3 heteroatoms. The van der Waals surface area contributed by atoms with Crippen LogP contribution in [0.4, 0.5) is 0 Å². The first-order valence-electron chi connectivity index (χ1n) is 5.55. The Morgan fingerprint density at radius 3 is 3.21 bits per heavy atom. The number of nitrogens with zero attached hydrogens (tertiary/aromatic N) is 2. The summed E-state index contributed by atoms with van der Waals surface area (Å²) in [4.78, 5) is 4.24. The van der Waals surface area contributed by atoms with Crippen LogP contribution in [0.1, 0.15) is 38.4 Å². The molecule has 2 atom stereocenters. The molecule has 0 saturated carbocycles. The van der Waals surface area contributed by atoms with Crippen LogP contribution >= 0.6 is 0 Å². The Hall–Kier alpha value is -0.830. The summed E-state index contributed by atoms with van der Waals surface area (Å²) in [6.45, 7) is 5.58. The van der Waals surface area contributed by atoms with E-state index in [9.17, 15) is 0 Å². The van der Waals surface area contributed by atoms with Gasteiger partial charge in [-0.2, -0.15) is 0 Å². The fourth-order valence-electron chi connectivity index (χ4n) is 2.29. The minimum absolute atomic E-state index is 0.640. The van der Waals surface area contributed by atoms with E-state index in [0.29, 0.717) is 12.1 Å². The molecule has 1 fully saturated rings. The molecule has 3 nitrogen and oxygen atoms in total. The van der Waals surface area contributed by atoms with Gasteiger partial charge in [-0.25, -0.2) is 4.98 Å². The average molecular weight is 193 g/mol. The summed E-state index contributed by atoms with van der Waals surface area (Å²) in [6, 6.07) is 1.30. The third-order valence-corrected chi connectivity index (χ3v) is 3.10. The first kappa shape index (κ1) is 9.71. The van der Waals surface area contributed by atoms with Crippen molar-refractivity contribution in [2.75, 3.05) is 6.54 Å². The maximum atomic E-state index is 4.24. The number of piperidine rings is 1. The van der Waals surface area contributed by atoms with Crippen molar-refractivity contribution in [3.63, 3.8) is 0 Å². The van der Waals surface area contributed by atoms with Crippen LogP contribution in [-0.2, 0) is 6.42 Å². The highest BCUT2D eigenvalue weighted by atomic mass is 15.1. The summed E-state index contributed by atoms with van der Waals surface area (Å²) in [6.07, 6.45) is 7.52. The van der Waals surface area contributed by atoms with E-state index in [1.54, 1.807) is 0 Å². The lowest BCUT2D eigenvalue weighted by Gasteiger charge is -2.29. The zero-order valence-electron chi connectivity index (χ0n) is 9.03. The van der Waals surface area contributed by atoms with E-state index in [0.717, 1.165) is 13.0 Å². The largest absolute Gasteiger partial charge is 0.331 e. The van der Waals surface area contributed by atoms with Crippen LogP contribution in [0, 0.1) is 0 Å². The predicted octanol–water partition coefficient (Wildman–Crippen LogP) is 1.76. The molecule has 0 amide bonds. The molecule has 0 spiro atoms. The van der Waals surface area contributed by atoms with Crippen LogP contribution in [0.5, 0.6) is 0 Å². The molecular formula is C11H19N3. The predicted molar refractivity (Wildman–Crippen MR) is 57.3 cm³/mol. The molecule has 14 heavy (non-hydrogen) atoms. The topological polar surface area (TPSA) is 29.9 Å². The van der Waals surface area contributed by atoms with Crippen LogP contribution < -0.4 is 5.32 Å². The van der Waals surface area contributed by atoms with Gasteiger partial charge in [0, 0.05) is 24.0 Å². The van der Waals surface area contributed by atoms with E-state index >= 15 is 0 Å². The number of hydrogen-bond acceptors (Lipinski definition) is 2. The zero-order chi connectivity index (χ0) is 9.97. The lowest BCUT2D eigenvalue weighted by molar-refractivity contribution is 0.309. The minimum atomic E-state index is 0.640. The van der Waals surface area contributed by atoms with Crippen molar-refractivity contribution in [2.45, 2.75) is 45.2 Å². The smallest absolute Gasteiger partial charge is 0.0950 e. The normalized spacial score (nSPS) is 27.9. The molecule has 1 aliphatic heterocycles. The molecule has 1 aromatic rings. The quantitative estimate of drug-likeness (QED) is 0.775. The zero-order valence-corrected chi connectivity index (χ0v) is 9.03. The minimum Gasteiger partial charge on any atom is -0.331 e. The van der Waals surface area contributed by atoms with Gasteiger partial charge in [-0.3, -0.25) is 0 Å². The van der Waals surface area contributed by atoms with Crippen LogP contribution in [0.3, 0.4) is 0 Å². The third-order valence-electron chi connectivity index (χ3n) is 3.10. The maximum absolute atomic E-state index is 4.24. The molecule has 1 aromatic heterocycles. The summed E-state index contributed by atoms with van der Waals surface area (Å²) < 4.78 is 2.36. The Morgan fingerprint density at radius 2 is 2.50 bits per heavy atom. The van der Waals surface area contributed by atoms with Crippen LogP contribution in [0.25, 0.3) is 0 Å². The Labute approximate surface area is 85.5 Å². The highest BCUT2D eigenvalue weighted by Gasteiger charge is 2.20. The second-order valence-electron chi connectivity index (χ2n) is 4.18. The number of aryl methyl sites for hydroxylation is 1. The molecule has 1 N–H and O–H groups in total. The summed E-state index contributed by atoms with van der Waals surface area (Å²) >= 11 is 0. The second-order valence-corrected chi connectivity index (χ2v) is 4.18. The van der Waals surface area contributed by atoms with E-state index in [-0.39, 0.29) is 0 Å². The van der Waals surface area contributed by atoms with E-state index in [4.69, 9.17) is 0 Å². The number of nitrogens with one attached hydrogen (secondary N) is 1. The molecule has 2 rings (SSSR count). The van der Waals surface area contributed by atoms with E-state index in [2.05, 4.69) is 28.7 Å². The fraction of sp³-hybridized carbons (Fsp3) is 0.727. The molecular weight excluding hydrogens is 174 g/mol. The molecule has 0 bridgehead atoms. The monoisotopic (exact) mass is 193 g/mol. The van der Waals surface area contributed by atoms with Crippen molar-refractivity contribution in [1.29, 1.82) is 0 Å². The number of imidazole rings is 1. The van der Waals surface area contributed by atoms with Crippen LogP contribution in [0.15, 0.2) is 12.5 Å². The molecule has 0 aromatic carbocycles. The van der Waals surface area contributed by atoms with Gasteiger partial charge >= 0.3 is 0 Å². The van der Waals surface area contributed by atoms with Crippen molar-refractivity contribution in [3.05, 3.63) is 18.2 Å². The number of aromatic nitrogens is 2. The summed E-state index contributed by atoms with van der Waals surface area (Å²) in [5.74, 6) is 0. The first-order chi connectivity index (χ1) is 6.81. The molecule has 1 aliphatic rings. The highest BCUT2D eigenvalue weighted by Crippen LogP contribution is 2.23. The Balaban J connectivity index is 2.13. The molecule has 78 valence electrons. The van der Waals surface area contributed by atoms with Gasteiger partial charge < -0.3 is 9.88 Å². The van der Waals surface area contributed by atoms with Gasteiger partial charge in [0.05, 0.1) is 6.33 Å². The molecule has 0 aliphatic carbocycles. The van der Waals surface area contributed by atoms with Crippen molar-refractivity contribution in [2.24, 2.45) is 0 Å². The SMILES string of the molecule is CCc1cncn1C1CCNC(C)C1. The number of hydrogen-bond donors (Lipinski definition) is 1. The van der Waals surface area contributed by atoms with E-state index in [1.807, 2.05) is 12.5 Å². The van der Waals surface area contributed by atoms with Gasteiger partial charge in [-0.05, 0) is 32.7 Å². The molecule has 2 heterocycles. The average Bonchev–Trinajstić information content (AvgIpc) is 2.65. The van der Waals surface area contributed by atoms with E-state index in [1.165, 1.54) is 18.5 Å². The standard InChI is InChI=1S/C11H19N3/c1-3-10-7-12-8-14(10)11-4-5-13-9(2)6-11/h7-9,11,13H,3-6H2,1-2H3. The molecule has 2 unspecified atom stereocenters. The molecule has 0 radical (unpaired) electrons. The highest BCUT2D eigenvalue weighted by molar-refractivity contribution is 5.01. The lowest BCUT2D eigenvalue weighted by Crippen LogP contribution is -2.36. The van der Waals surface area contributed by atoms with Gasteiger partial charge in [0.15, 0.2) is 0 Å². The lowest BCUT2D eigenvalue weighted by atomic mass is 10.0. The second kappa shape index (κ2) is 4.13.